The zero-order valence-corrected chi connectivity index (χ0v) is 36.9. The van der Waals surface area contributed by atoms with Crippen molar-refractivity contribution >= 4 is 22.1 Å². The van der Waals surface area contributed by atoms with E-state index >= 15 is 0 Å². The fraction of sp³-hybridized carbons (Fsp3) is 0.0161. The Morgan fingerprint density at radius 1 is 0.319 bits per heavy atom. The van der Waals surface area contributed by atoms with Crippen LogP contribution in [-0.2, 0) is 5.41 Å². The number of hydrogen-bond donors (Lipinski definition) is 0. The van der Waals surface area contributed by atoms with Crippen LogP contribution in [0.25, 0.3) is 101 Å². The molecule has 3 aromatic heterocycles. The van der Waals surface area contributed by atoms with Crippen molar-refractivity contribution in [3.8, 4) is 90.6 Å². The minimum Gasteiger partial charge on any atom is -0.457 e. The first-order valence-electron chi connectivity index (χ1n) is 23.1. The van der Waals surface area contributed by atoms with E-state index in [1.54, 1.807) is 0 Å². The van der Waals surface area contributed by atoms with E-state index in [4.69, 9.17) is 34.1 Å². The van der Waals surface area contributed by atoms with Gasteiger partial charge in [-0.1, -0.05) is 188 Å². The Labute approximate surface area is 397 Å². The summed E-state index contributed by atoms with van der Waals surface area (Å²) in [4.78, 5) is 25.6. The molecule has 7 nitrogen and oxygen atoms in total. The molecule has 0 bridgehead atoms. The van der Waals surface area contributed by atoms with Crippen molar-refractivity contribution in [3.63, 3.8) is 0 Å². The van der Waals surface area contributed by atoms with E-state index in [2.05, 4.69) is 115 Å². The molecule has 12 aromatic rings. The maximum Gasteiger partial charge on any atom is 0.180 e. The molecule has 14 rings (SSSR count). The maximum atomic E-state index is 6.67. The zero-order chi connectivity index (χ0) is 45.5. The van der Waals surface area contributed by atoms with E-state index in [1.165, 1.54) is 11.1 Å². The van der Waals surface area contributed by atoms with E-state index in [1.807, 2.05) is 109 Å². The lowest BCUT2D eigenvalue weighted by Gasteiger charge is -2.39. The first-order chi connectivity index (χ1) is 34.2. The predicted molar refractivity (Wildman–Crippen MR) is 273 cm³/mol. The standard InChI is InChI=1S/C62H37N5O2/c1-4-16-39(17-5-1)55-57-56(45-22-10-13-25-52(45)69-57)64-58(63-55)42-30-28-38(29-31-42)43-32-34-48-46(36-43)47-37-44(61-66-59(40-18-6-2-7-19-40)65-60(67-61)41-20-8-3-9-21-41)33-35-49(47)62(48)50-23-11-14-26-53(50)68-54-27-15-12-24-51(54)62/h1-37H. The number of furan rings is 1. The van der Waals surface area contributed by atoms with Crippen LogP contribution in [0.1, 0.15) is 22.3 Å². The fourth-order valence-corrected chi connectivity index (χ4v) is 10.5. The number of para-hydroxylation sites is 3. The summed E-state index contributed by atoms with van der Waals surface area (Å²) in [7, 11) is 0. The third-order valence-corrected chi connectivity index (χ3v) is 13.6. The van der Waals surface area contributed by atoms with Crippen molar-refractivity contribution in [2.24, 2.45) is 0 Å². The molecule has 0 saturated carbocycles. The highest BCUT2D eigenvalue weighted by atomic mass is 16.5. The Morgan fingerprint density at radius 3 is 1.39 bits per heavy atom. The molecule has 0 radical (unpaired) electrons. The van der Waals surface area contributed by atoms with Gasteiger partial charge in [0.2, 0.25) is 0 Å². The van der Waals surface area contributed by atoms with Gasteiger partial charge in [0.1, 0.15) is 28.3 Å². The quantitative estimate of drug-likeness (QED) is 0.164. The Hall–Kier alpha value is -9.33. The molecular formula is C62H37N5O2. The van der Waals surface area contributed by atoms with Gasteiger partial charge in [-0.25, -0.2) is 24.9 Å². The average Bonchev–Trinajstić information content (AvgIpc) is 3.94. The van der Waals surface area contributed by atoms with Crippen LogP contribution < -0.4 is 4.74 Å². The SMILES string of the molecule is c1ccc(-c2nc(-c3ccccc3)nc(-c3ccc4c(c3)-c3cc(-c5ccc(-c6nc(-c7ccccc7)c7oc8ccccc8c7n6)cc5)ccc3C43c4ccccc4Oc4ccccc43)n2)cc1. The normalized spacial score (nSPS) is 12.9. The Morgan fingerprint density at radius 2 is 0.768 bits per heavy atom. The van der Waals surface area contributed by atoms with Crippen molar-refractivity contribution < 1.29 is 9.15 Å². The number of benzene rings is 9. The van der Waals surface area contributed by atoms with Gasteiger partial charge in [0.25, 0.3) is 0 Å². The largest absolute Gasteiger partial charge is 0.457 e. The van der Waals surface area contributed by atoms with Gasteiger partial charge in [-0.15, -0.1) is 0 Å². The van der Waals surface area contributed by atoms with Crippen molar-refractivity contribution in [1.29, 1.82) is 0 Å². The second-order valence-electron chi connectivity index (χ2n) is 17.5. The van der Waals surface area contributed by atoms with Crippen molar-refractivity contribution in [1.82, 2.24) is 24.9 Å². The molecule has 0 saturated heterocycles. The smallest absolute Gasteiger partial charge is 0.180 e. The topological polar surface area (TPSA) is 86.8 Å². The predicted octanol–water partition coefficient (Wildman–Crippen LogP) is 15.0. The molecule has 322 valence electrons. The molecule has 0 fully saturated rings. The number of nitrogens with zero attached hydrogens (tertiary/aromatic N) is 5. The third kappa shape index (κ3) is 6.11. The lowest BCUT2D eigenvalue weighted by atomic mass is 9.66. The fourth-order valence-electron chi connectivity index (χ4n) is 10.5. The summed E-state index contributed by atoms with van der Waals surface area (Å²) in [5.41, 5.74) is 16.0. The molecule has 0 amide bonds. The van der Waals surface area contributed by atoms with Gasteiger partial charge in [-0.05, 0) is 69.8 Å². The number of fused-ring (bicyclic) bond motifs is 12. The van der Waals surface area contributed by atoms with Gasteiger partial charge in [0.05, 0.1) is 5.41 Å². The lowest BCUT2D eigenvalue weighted by Crippen LogP contribution is -2.32. The Balaban J connectivity index is 0.940. The molecular weight excluding hydrogens is 847 g/mol. The summed E-state index contributed by atoms with van der Waals surface area (Å²) in [5.74, 6) is 4.17. The van der Waals surface area contributed by atoms with Crippen LogP contribution in [0.4, 0.5) is 0 Å². The lowest BCUT2D eigenvalue weighted by molar-refractivity contribution is 0.436. The van der Waals surface area contributed by atoms with Crippen LogP contribution >= 0.6 is 0 Å². The van der Waals surface area contributed by atoms with E-state index in [-0.39, 0.29) is 0 Å². The second kappa shape index (κ2) is 15.4. The Kier molecular flexibility index (Phi) is 8.66. The summed E-state index contributed by atoms with van der Waals surface area (Å²) < 4.78 is 13.1. The van der Waals surface area contributed by atoms with Gasteiger partial charge >= 0.3 is 0 Å². The van der Waals surface area contributed by atoms with Crippen LogP contribution in [-0.4, -0.2) is 24.9 Å². The van der Waals surface area contributed by atoms with Crippen LogP contribution in [0.15, 0.2) is 229 Å². The molecule has 69 heavy (non-hydrogen) atoms. The third-order valence-electron chi connectivity index (χ3n) is 13.6. The highest BCUT2D eigenvalue weighted by molar-refractivity contribution is 6.07. The number of rotatable bonds is 6. The molecule has 0 N–H and O–H groups in total. The maximum absolute atomic E-state index is 6.67. The molecule has 7 heteroatoms. The van der Waals surface area contributed by atoms with E-state index in [0.29, 0.717) is 28.9 Å². The van der Waals surface area contributed by atoms with Crippen LogP contribution in [0, 0.1) is 0 Å². The van der Waals surface area contributed by atoms with E-state index in [9.17, 15) is 0 Å². The molecule has 1 aliphatic carbocycles. The number of hydrogen-bond acceptors (Lipinski definition) is 7. The van der Waals surface area contributed by atoms with Gasteiger partial charge in [0.15, 0.2) is 28.9 Å². The molecule has 9 aromatic carbocycles. The number of aromatic nitrogens is 5. The van der Waals surface area contributed by atoms with Gasteiger partial charge in [-0.2, -0.15) is 0 Å². The van der Waals surface area contributed by atoms with E-state index < -0.39 is 5.41 Å². The van der Waals surface area contributed by atoms with Crippen LogP contribution in [0.3, 0.4) is 0 Å². The number of ether oxygens (including phenoxy) is 1. The first-order valence-corrected chi connectivity index (χ1v) is 23.1. The summed E-state index contributed by atoms with van der Waals surface area (Å²) in [5, 5.41) is 0.961. The monoisotopic (exact) mass is 883 g/mol. The molecule has 4 heterocycles. The van der Waals surface area contributed by atoms with Gasteiger partial charge in [-0.3, -0.25) is 0 Å². The average molecular weight is 884 g/mol. The van der Waals surface area contributed by atoms with E-state index in [0.717, 1.165) is 94.9 Å². The summed E-state index contributed by atoms with van der Waals surface area (Å²) in [6.45, 7) is 0. The summed E-state index contributed by atoms with van der Waals surface area (Å²) >= 11 is 0. The van der Waals surface area contributed by atoms with Crippen molar-refractivity contribution in [2.45, 2.75) is 5.41 Å². The first kappa shape index (κ1) is 38.9. The zero-order valence-electron chi connectivity index (χ0n) is 36.9. The summed E-state index contributed by atoms with van der Waals surface area (Å²) in [6.07, 6.45) is 0. The minimum absolute atomic E-state index is 0.603. The molecule has 0 atom stereocenters. The highest BCUT2D eigenvalue weighted by Gasteiger charge is 2.51. The molecule has 1 spiro atoms. The minimum atomic E-state index is -0.649. The Bertz CT molecular complexity index is 3880. The van der Waals surface area contributed by atoms with Crippen molar-refractivity contribution in [3.05, 3.63) is 247 Å². The molecule has 2 aliphatic rings. The molecule has 0 unspecified atom stereocenters. The second-order valence-corrected chi connectivity index (χ2v) is 17.5. The van der Waals surface area contributed by atoms with Crippen LogP contribution in [0.5, 0.6) is 11.5 Å². The van der Waals surface area contributed by atoms with Crippen molar-refractivity contribution in [2.75, 3.05) is 0 Å². The summed E-state index contributed by atoms with van der Waals surface area (Å²) in [6, 6.07) is 77.5. The molecule has 1 aliphatic heterocycles. The highest BCUT2D eigenvalue weighted by Crippen LogP contribution is 2.62. The van der Waals surface area contributed by atoms with Gasteiger partial charge in [0, 0.05) is 44.3 Å². The van der Waals surface area contributed by atoms with Crippen LogP contribution in [0.2, 0.25) is 0 Å². The van der Waals surface area contributed by atoms with Gasteiger partial charge < -0.3 is 9.15 Å².